The number of rotatable bonds is 4. The Morgan fingerprint density at radius 2 is 2.00 bits per heavy atom. The molecule has 4 heteroatoms. The molecule has 0 bridgehead atoms. The van der Waals surface area contributed by atoms with E-state index in [1.54, 1.807) is 24.3 Å². The number of halogens is 1. The average Bonchev–Trinajstić information content (AvgIpc) is 2.22. The second kappa shape index (κ2) is 6.30. The van der Waals surface area contributed by atoms with Crippen molar-refractivity contribution < 1.29 is 14.3 Å². The number of carbonyl (C=O) groups excluding carboxylic acids is 1. The summed E-state index contributed by atoms with van der Waals surface area (Å²) in [4.78, 5) is 11.1. The third-order valence-electron chi connectivity index (χ3n) is 1.73. The van der Waals surface area contributed by atoms with Crippen molar-refractivity contribution in [3.8, 4) is 5.75 Å². The van der Waals surface area contributed by atoms with Crippen LogP contribution in [-0.4, -0.2) is 12.8 Å². The van der Waals surface area contributed by atoms with Crippen LogP contribution in [0.4, 0.5) is 4.79 Å². The quantitative estimate of drug-likeness (QED) is 0.448. The van der Waals surface area contributed by atoms with Gasteiger partial charge in [0.1, 0.15) is 5.75 Å². The zero-order valence-electron chi connectivity index (χ0n) is 8.53. The van der Waals surface area contributed by atoms with Crippen LogP contribution in [0.1, 0.15) is 19.8 Å². The Bertz CT molecular complexity index is 308. The Balaban J connectivity index is 2.34. The molecule has 82 valence electrons. The molecular formula is C11H13ClO3. The number of carbonyl (C=O) groups is 1. The fourth-order valence-corrected chi connectivity index (χ4v) is 1.05. The summed E-state index contributed by atoms with van der Waals surface area (Å²) < 4.78 is 9.72. The molecule has 0 aromatic heterocycles. The predicted octanol–water partition coefficient (Wildman–Crippen LogP) is 3.66. The van der Waals surface area contributed by atoms with E-state index in [1.807, 2.05) is 6.92 Å². The summed E-state index contributed by atoms with van der Waals surface area (Å²) in [5, 5.41) is 0.599. The number of ether oxygens (including phenoxy) is 2. The van der Waals surface area contributed by atoms with Crippen molar-refractivity contribution >= 4 is 17.8 Å². The first kappa shape index (κ1) is 11.9. The Labute approximate surface area is 93.9 Å². The maximum Gasteiger partial charge on any atom is 0.513 e. The van der Waals surface area contributed by atoms with E-state index in [0.717, 1.165) is 12.8 Å². The molecule has 0 unspecified atom stereocenters. The highest BCUT2D eigenvalue weighted by atomic mass is 35.5. The molecule has 1 aromatic carbocycles. The summed E-state index contributed by atoms with van der Waals surface area (Å²) in [5.41, 5.74) is 0. The van der Waals surface area contributed by atoms with Crippen molar-refractivity contribution in [1.82, 2.24) is 0 Å². The summed E-state index contributed by atoms with van der Waals surface area (Å²) in [6, 6.07) is 6.53. The van der Waals surface area contributed by atoms with Crippen LogP contribution in [-0.2, 0) is 4.74 Å². The molecule has 0 aliphatic rings. The highest BCUT2D eigenvalue weighted by Crippen LogP contribution is 2.15. The summed E-state index contributed by atoms with van der Waals surface area (Å²) in [7, 11) is 0. The third kappa shape index (κ3) is 4.70. The number of hydrogen-bond donors (Lipinski definition) is 0. The molecule has 0 heterocycles. The van der Waals surface area contributed by atoms with Crippen LogP contribution in [0, 0.1) is 0 Å². The molecule has 0 radical (unpaired) electrons. The lowest BCUT2D eigenvalue weighted by atomic mass is 10.3. The Hall–Kier alpha value is -1.22. The lowest BCUT2D eigenvalue weighted by Crippen LogP contribution is -2.11. The van der Waals surface area contributed by atoms with Gasteiger partial charge in [-0.05, 0) is 30.7 Å². The fourth-order valence-electron chi connectivity index (χ4n) is 0.928. The van der Waals surface area contributed by atoms with E-state index in [4.69, 9.17) is 21.1 Å². The molecule has 15 heavy (non-hydrogen) atoms. The van der Waals surface area contributed by atoms with Gasteiger partial charge in [-0.2, -0.15) is 0 Å². The van der Waals surface area contributed by atoms with Crippen LogP contribution in [0.3, 0.4) is 0 Å². The number of benzene rings is 1. The van der Waals surface area contributed by atoms with Gasteiger partial charge in [0.15, 0.2) is 0 Å². The highest BCUT2D eigenvalue weighted by Gasteiger charge is 2.04. The van der Waals surface area contributed by atoms with Gasteiger partial charge >= 0.3 is 6.16 Å². The standard InChI is InChI=1S/C11H13ClO3/c1-2-3-8-14-11(13)15-10-6-4-9(12)5-7-10/h4-7H,2-3,8H2,1H3. The SMILES string of the molecule is CCCCOC(=O)Oc1ccc(Cl)cc1. The topological polar surface area (TPSA) is 35.5 Å². The first-order valence-corrected chi connectivity index (χ1v) is 5.20. The minimum absolute atomic E-state index is 0.392. The minimum Gasteiger partial charge on any atom is -0.434 e. The predicted molar refractivity (Wildman–Crippen MR) is 58.3 cm³/mol. The summed E-state index contributed by atoms with van der Waals surface area (Å²) >= 11 is 5.68. The van der Waals surface area contributed by atoms with Crippen molar-refractivity contribution in [2.24, 2.45) is 0 Å². The molecular weight excluding hydrogens is 216 g/mol. The smallest absolute Gasteiger partial charge is 0.434 e. The van der Waals surface area contributed by atoms with Gasteiger partial charge in [-0.3, -0.25) is 0 Å². The van der Waals surface area contributed by atoms with E-state index in [9.17, 15) is 4.79 Å². The Morgan fingerprint density at radius 3 is 2.60 bits per heavy atom. The Kier molecular flexibility index (Phi) is 4.98. The van der Waals surface area contributed by atoms with Crippen molar-refractivity contribution in [3.63, 3.8) is 0 Å². The maximum absolute atomic E-state index is 11.1. The minimum atomic E-state index is -0.675. The van der Waals surface area contributed by atoms with Gasteiger partial charge in [0.05, 0.1) is 6.61 Å². The molecule has 0 saturated carbocycles. The fraction of sp³-hybridized carbons (Fsp3) is 0.364. The van der Waals surface area contributed by atoms with Crippen LogP contribution >= 0.6 is 11.6 Å². The van der Waals surface area contributed by atoms with Gasteiger partial charge in [-0.25, -0.2) is 4.79 Å². The number of unbranched alkanes of at least 4 members (excludes halogenated alkanes) is 1. The van der Waals surface area contributed by atoms with Crippen molar-refractivity contribution in [1.29, 1.82) is 0 Å². The molecule has 3 nitrogen and oxygen atoms in total. The van der Waals surface area contributed by atoms with Crippen LogP contribution in [0.25, 0.3) is 0 Å². The van der Waals surface area contributed by atoms with E-state index in [2.05, 4.69) is 0 Å². The van der Waals surface area contributed by atoms with E-state index < -0.39 is 6.16 Å². The van der Waals surface area contributed by atoms with Crippen LogP contribution in [0.5, 0.6) is 5.75 Å². The van der Waals surface area contributed by atoms with Crippen LogP contribution < -0.4 is 4.74 Å². The molecule has 0 aliphatic heterocycles. The van der Waals surface area contributed by atoms with Crippen molar-refractivity contribution in [2.75, 3.05) is 6.61 Å². The highest BCUT2D eigenvalue weighted by molar-refractivity contribution is 6.30. The van der Waals surface area contributed by atoms with Gasteiger partial charge in [0.25, 0.3) is 0 Å². The molecule has 0 fully saturated rings. The lowest BCUT2D eigenvalue weighted by molar-refractivity contribution is 0.0978. The maximum atomic E-state index is 11.1. The summed E-state index contributed by atoms with van der Waals surface area (Å²) in [5.74, 6) is 0.431. The van der Waals surface area contributed by atoms with Gasteiger partial charge in [0, 0.05) is 5.02 Å². The van der Waals surface area contributed by atoms with Gasteiger partial charge in [-0.15, -0.1) is 0 Å². The molecule has 0 spiro atoms. The van der Waals surface area contributed by atoms with Gasteiger partial charge in [0.2, 0.25) is 0 Å². The lowest BCUT2D eigenvalue weighted by Gasteiger charge is -2.04. The average molecular weight is 229 g/mol. The van der Waals surface area contributed by atoms with E-state index in [0.29, 0.717) is 17.4 Å². The Morgan fingerprint density at radius 1 is 1.33 bits per heavy atom. The summed E-state index contributed by atoms with van der Waals surface area (Å²) in [6.07, 6.45) is 1.15. The van der Waals surface area contributed by atoms with Crippen molar-refractivity contribution in [3.05, 3.63) is 29.3 Å². The molecule has 0 aliphatic carbocycles. The molecule has 0 N–H and O–H groups in total. The molecule has 1 aromatic rings. The number of hydrogen-bond acceptors (Lipinski definition) is 3. The van der Waals surface area contributed by atoms with Gasteiger partial charge in [-0.1, -0.05) is 24.9 Å². The molecule has 1 rings (SSSR count). The monoisotopic (exact) mass is 228 g/mol. The molecule has 0 atom stereocenters. The van der Waals surface area contributed by atoms with Gasteiger partial charge < -0.3 is 9.47 Å². The first-order chi connectivity index (χ1) is 7.22. The second-order valence-electron chi connectivity index (χ2n) is 3.01. The zero-order valence-corrected chi connectivity index (χ0v) is 9.29. The normalized spacial score (nSPS) is 9.73. The van der Waals surface area contributed by atoms with Crippen molar-refractivity contribution in [2.45, 2.75) is 19.8 Å². The largest absolute Gasteiger partial charge is 0.513 e. The zero-order chi connectivity index (χ0) is 11.1. The van der Waals surface area contributed by atoms with Crippen LogP contribution in [0.2, 0.25) is 5.02 Å². The van der Waals surface area contributed by atoms with E-state index in [-0.39, 0.29) is 0 Å². The van der Waals surface area contributed by atoms with Crippen LogP contribution in [0.15, 0.2) is 24.3 Å². The molecule has 0 saturated heterocycles. The van der Waals surface area contributed by atoms with E-state index in [1.165, 1.54) is 0 Å². The van der Waals surface area contributed by atoms with E-state index >= 15 is 0 Å². The third-order valence-corrected chi connectivity index (χ3v) is 1.98. The summed E-state index contributed by atoms with van der Waals surface area (Å²) in [6.45, 7) is 2.41. The first-order valence-electron chi connectivity index (χ1n) is 4.82. The molecule has 0 amide bonds. The second-order valence-corrected chi connectivity index (χ2v) is 3.44.